The van der Waals surface area contributed by atoms with E-state index in [4.69, 9.17) is 20.8 Å². The van der Waals surface area contributed by atoms with Crippen molar-refractivity contribution >= 4 is 22.6 Å². The molecular weight excluding hydrogens is 449 g/mol. The van der Waals surface area contributed by atoms with E-state index in [0.717, 1.165) is 29.8 Å². The summed E-state index contributed by atoms with van der Waals surface area (Å²) in [5.74, 6) is -1.46. The lowest BCUT2D eigenvalue weighted by Gasteiger charge is -2.11. The molecule has 9 heteroatoms. The Balaban J connectivity index is 1.73. The van der Waals surface area contributed by atoms with Crippen LogP contribution >= 0.6 is 11.6 Å². The zero-order chi connectivity index (χ0) is 23.0. The molecule has 32 heavy (non-hydrogen) atoms. The number of phenolic OH excluding ortho intramolecular Hbond substituents is 1. The largest absolute Gasteiger partial charge is 0.507 e. The second-order valence-corrected chi connectivity index (χ2v) is 7.35. The van der Waals surface area contributed by atoms with Crippen molar-refractivity contribution in [1.82, 2.24) is 0 Å². The maximum atomic E-state index is 12.8. The van der Waals surface area contributed by atoms with Crippen molar-refractivity contribution in [2.24, 2.45) is 0 Å². The third-order valence-electron chi connectivity index (χ3n) is 4.72. The molecule has 0 radical (unpaired) electrons. The molecule has 0 bridgehead atoms. The standard InChI is InChI=1S/C23H14ClF3O5/c24-15-7-1-12(2-8-15)11-31-16-9-17(28)19-18(10-16)32-22(21(30)20(19)29)13-3-5-14(6-4-13)23(25,26)27/h1-10,28,30H,11H2. The number of hydrogen-bond donors (Lipinski definition) is 2. The average Bonchev–Trinajstić information content (AvgIpc) is 2.75. The van der Waals surface area contributed by atoms with Crippen molar-refractivity contribution < 1.29 is 32.5 Å². The van der Waals surface area contributed by atoms with Crippen molar-refractivity contribution in [3.05, 3.63) is 87.0 Å². The van der Waals surface area contributed by atoms with Crippen LogP contribution in [0.4, 0.5) is 13.2 Å². The minimum absolute atomic E-state index is 0.0569. The Bertz CT molecular complexity index is 1340. The molecule has 2 N–H and O–H groups in total. The molecule has 0 aliphatic carbocycles. The van der Waals surface area contributed by atoms with Crippen LogP contribution < -0.4 is 10.2 Å². The van der Waals surface area contributed by atoms with Gasteiger partial charge in [-0.3, -0.25) is 4.79 Å². The Morgan fingerprint density at radius 3 is 2.25 bits per heavy atom. The van der Waals surface area contributed by atoms with Crippen molar-refractivity contribution in [2.75, 3.05) is 0 Å². The molecule has 0 amide bonds. The summed E-state index contributed by atoms with van der Waals surface area (Å²) in [6, 6.07) is 13.2. The lowest BCUT2D eigenvalue weighted by Crippen LogP contribution is -2.05. The van der Waals surface area contributed by atoms with Gasteiger partial charge in [-0.2, -0.15) is 13.2 Å². The van der Waals surface area contributed by atoms with Gasteiger partial charge in [0.15, 0.2) is 5.76 Å². The topological polar surface area (TPSA) is 79.9 Å². The second kappa shape index (κ2) is 8.12. The number of hydrogen-bond acceptors (Lipinski definition) is 5. The van der Waals surface area contributed by atoms with Gasteiger partial charge in [-0.15, -0.1) is 0 Å². The Labute approximate surface area is 183 Å². The minimum atomic E-state index is -4.53. The molecule has 0 spiro atoms. The molecule has 164 valence electrons. The van der Waals surface area contributed by atoms with E-state index in [2.05, 4.69) is 0 Å². The maximum absolute atomic E-state index is 12.8. The Hall–Kier alpha value is -3.65. The summed E-state index contributed by atoms with van der Waals surface area (Å²) in [7, 11) is 0. The quantitative estimate of drug-likeness (QED) is 0.382. The first-order valence-corrected chi connectivity index (χ1v) is 9.59. The summed E-state index contributed by atoms with van der Waals surface area (Å²) < 4.78 is 49.6. The van der Waals surface area contributed by atoms with Gasteiger partial charge in [0, 0.05) is 22.7 Å². The van der Waals surface area contributed by atoms with E-state index in [0.29, 0.717) is 5.02 Å². The summed E-state index contributed by atoms with van der Waals surface area (Å²) in [6.45, 7) is 0.135. The summed E-state index contributed by atoms with van der Waals surface area (Å²) in [6.07, 6.45) is -4.53. The van der Waals surface area contributed by atoms with Crippen LogP contribution in [-0.4, -0.2) is 10.2 Å². The molecule has 0 unspecified atom stereocenters. The SMILES string of the molecule is O=c1c(O)c(-c2ccc(C(F)(F)F)cc2)oc2cc(OCc3ccc(Cl)cc3)cc(O)c12. The highest BCUT2D eigenvalue weighted by Gasteiger charge is 2.30. The highest BCUT2D eigenvalue weighted by Crippen LogP contribution is 2.37. The zero-order valence-electron chi connectivity index (χ0n) is 16.1. The molecule has 1 heterocycles. The molecule has 0 atom stereocenters. The predicted octanol–water partition coefficient (Wildman–Crippen LogP) is 6.12. The van der Waals surface area contributed by atoms with E-state index in [9.17, 15) is 28.2 Å². The lowest BCUT2D eigenvalue weighted by molar-refractivity contribution is -0.137. The van der Waals surface area contributed by atoms with Crippen molar-refractivity contribution in [3.8, 4) is 28.6 Å². The first-order valence-electron chi connectivity index (χ1n) is 9.21. The van der Waals surface area contributed by atoms with Crippen LogP contribution in [0.2, 0.25) is 5.02 Å². The molecule has 0 saturated carbocycles. The monoisotopic (exact) mass is 462 g/mol. The lowest BCUT2D eigenvalue weighted by atomic mass is 10.1. The summed E-state index contributed by atoms with van der Waals surface area (Å²) in [5, 5.41) is 20.8. The number of halogens is 4. The summed E-state index contributed by atoms with van der Waals surface area (Å²) in [5.41, 5.74) is -1.07. The Morgan fingerprint density at radius 1 is 0.969 bits per heavy atom. The summed E-state index contributed by atoms with van der Waals surface area (Å²) >= 11 is 5.85. The van der Waals surface area contributed by atoms with Crippen LogP contribution in [0.1, 0.15) is 11.1 Å². The number of alkyl halides is 3. The van der Waals surface area contributed by atoms with Crippen LogP contribution in [-0.2, 0) is 12.8 Å². The average molecular weight is 463 g/mol. The molecular formula is C23H14ClF3O5. The highest BCUT2D eigenvalue weighted by molar-refractivity contribution is 6.30. The molecule has 3 aromatic carbocycles. The molecule has 0 aliphatic rings. The summed E-state index contributed by atoms with van der Waals surface area (Å²) in [4.78, 5) is 12.6. The maximum Gasteiger partial charge on any atom is 0.416 e. The van der Waals surface area contributed by atoms with Gasteiger partial charge in [-0.05, 0) is 29.8 Å². The van der Waals surface area contributed by atoms with Gasteiger partial charge >= 0.3 is 6.18 Å². The van der Waals surface area contributed by atoms with E-state index < -0.39 is 28.7 Å². The third-order valence-corrected chi connectivity index (χ3v) is 4.97. The van der Waals surface area contributed by atoms with Gasteiger partial charge in [0.05, 0.1) is 5.56 Å². The van der Waals surface area contributed by atoms with Crippen LogP contribution in [0.5, 0.6) is 17.2 Å². The molecule has 5 nitrogen and oxygen atoms in total. The van der Waals surface area contributed by atoms with E-state index in [-0.39, 0.29) is 34.6 Å². The number of benzene rings is 3. The van der Waals surface area contributed by atoms with Crippen LogP contribution in [0.15, 0.2) is 69.9 Å². The number of rotatable bonds is 4. The van der Waals surface area contributed by atoms with Crippen LogP contribution in [0.25, 0.3) is 22.3 Å². The molecule has 4 aromatic rings. The van der Waals surface area contributed by atoms with E-state index in [1.807, 2.05) is 0 Å². The van der Waals surface area contributed by atoms with Crippen molar-refractivity contribution in [2.45, 2.75) is 12.8 Å². The zero-order valence-corrected chi connectivity index (χ0v) is 16.9. The predicted molar refractivity (Wildman–Crippen MR) is 112 cm³/mol. The van der Waals surface area contributed by atoms with Crippen molar-refractivity contribution in [3.63, 3.8) is 0 Å². The third kappa shape index (κ3) is 4.22. The fourth-order valence-electron chi connectivity index (χ4n) is 3.10. The first-order chi connectivity index (χ1) is 15.1. The van der Waals surface area contributed by atoms with Crippen molar-refractivity contribution in [1.29, 1.82) is 0 Å². The second-order valence-electron chi connectivity index (χ2n) is 6.91. The van der Waals surface area contributed by atoms with E-state index in [1.165, 1.54) is 12.1 Å². The first kappa shape index (κ1) is 21.6. The Kier molecular flexibility index (Phi) is 5.48. The van der Waals surface area contributed by atoms with E-state index >= 15 is 0 Å². The highest BCUT2D eigenvalue weighted by atomic mass is 35.5. The van der Waals surface area contributed by atoms with Gasteiger partial charge in [0.2, 0.25) is 11.2 Å². The normalized spacial score (nSPS) is 11.6. The molecule has 4 rings (SSSR count). The van der Waals surface area contributed by atoms with Crippen LogP contribution in [0, 0.1) is 0 Å². The number of fused-ring (bicyclic) bond motifs is 1. The molecule has 1 aromatic heterocycles. The van der Waals surface area contributed by atoms with Gasteiger partial charge in [0.1, 0.15) is 29.1 Å². The van der Waals surface area contributed by atoms with Gasteiger partial charge < -0.3 is 19.4 Å². The van der Waals surface area contributed by atoms with Gasteiger partial charge in [-0.1, -0.05) is 35.9 Å². The molecule has 0 aliphatic heterocycles. The van der Waals surface area contributed by atoms with Crippen LogP contribution in [0.3, 0.4) is 0 Å². The smallest absolute Gasteiger partial charge is 0.416 e. The molecule has 0 saturated heterocycles. The number of ether oxygens (including phenoxy) is 1. The van der Waals surface area contributed by atoms with E-state index in [1.54, 1.807) is 24.3 Å². The van der Waals surface area contributed by atoms with Gasteiger partial charge in [0.25, 0.3) is 0 Å². The fourth-order valence-corrected chi connectivity index (χ4v) is 3.23. The minimum Gasteiger partial charge on any atom is -0.507 e. The Morgan fingerprint density at radius 2 is 1.62 bits per heavy atom. The number of aromatic hydroxyl groups is 2. The molecule has 0 fully saturated rings. The fraction of sp³-hybridized carbons (Fsp3) is 0.0870. The van der Waals surface area contributed by atoms with Gasteiger partial charge in [-0.25, -0.2) is 0 Å². The number of phenols is 1.